The maximum Gasteiger partial charge on any atom is 0.272 e. The summed E-state index contributed by atoms with van der Waals surface area (Å²) in [7, 11) is 1.83. The number of fused-ring (bicyclic) bond motifs is 1. The minimum atomic E-state index is -0.267. The average molecular weight is 400 g/mol. The average Bonchev–Trinajstić information content (AvgIpc) is 3.15. The summed E-state index contributed by atoms with van der Waals surface area (Å²) in [5.41, 5.74) is 9.77. The van der Waals surface area contributed by atoms with Gasteiger partial charge in [-0.2, -0.15) is 15.5 Å². The highest BCUT2D eigenvalue weighted by molar-refractivity contribution is 5.92. The van der Waals surface area contributed by atoms with Crippen LogP contribution in [0.1, 0.15) is 18.2 Å². The second-order valence-electron chi connectivity index (χ2n) is 6.72. The zero-order valence-corrected chi connectivity index (χ0v) is 16.6. The van der Waals surface area contributed by atoms with Crippen molar-refractivity contribution in [3.05, 3.63) is 64.2 Å². The van der Waals surface area contributed by atoms with Crippen molar-refractivity contribution >= 4 is 10.8 Å². The van der Waals surface area contributed by atoms with Crippen LogP contribution in [0.25, 0.3) is 33.2 Å². The summed E-state index contributed by atoms with van der Waals surface area (Å²) in [6.45, 7) is 2.54. The molecule has 3 N–H and O–H groups in total. The van der Waals surface area contributed by atoms with Crippen molar-refractivity contribution in [3.63, 3.8) is 0 Å². The molecule has 0 amide bonds. The quantitative estimate of drug-likeness (QED) is 0.531. The zero-order chi connectivity index (χ0) is 21.3. The molecule has 150 valence electrons. The molecule has 2 aromatic carbocycles. The number of aryl methyl sites for hydroxylation is 1. The second-order valence-corrected chi connectivity index (χ2v) is 6.72. The first-order valence-electron chi connectivity index (χ1n) is 9.49. The summed E-state index contributed by atoms with van der Waals surface area (Å²) in [5, 5.41) is 22.0. The molecule has 0 aliphatic heterocycles. The number of hydrogen-bond acceptors (Lipinski definition) is 6. The summed E-state index contributed by atoms with van der Waals surface area (Å²) in [6.07, 6.45) is 1.74. The third-order valence-electron chi connectivity index (χ3n) is 5.00. The summed E-state index contributed by atoms with van der Waals surface area (Å²) in [6, 6.07) is 13.3. The number of aromatic nitrogens is 4. The first-order chi connectivity index (χ1) is 14.6. The molecule has 0 bridgehead atoms. The predicted octanol–water partition coefficient (Wildman–Crippen LogP) is 2.72. The van der Waals surface area contributed by atoms with Gasteiger partial charge in [0, 0.05) is 30.1 Å². The van der Waals surface area contributed by atoms with Crippen LogP contribution in [-0.2, 0) is 13.6 Å². The van der Waals surface area contributed by atoms with Gasteiger partial charge in [0.2, 0.25) is 0 Å². The van der Waals surface area contributed by atoms with Crippen LogP contribution in [0.15, 0.2) is 47.4 Å². The van der Waals surface area contributed by atoms with Gasteiger partial charge >= 0.3 is 0 Å². The van der Waals surface area contributed by atoms with E-state index >= 15 is 0 Å². The lowest BCUT2D eigenvalue weighted by molar-refractivity contribution is 0.339. The van der Waals surface area contributed by atoms with Crippen molar-refractivity contribution in [1.82, 2.24) is 20.0 Å². The Hall–Kier alpha value is -3.96. The molecule has 8 heteroatoms. The van der Waals surface area contributed by atoms with E-state index in [0.29, 0.717) is 34.4 Å². The summed E-state index contributed by atoms with van der Waals surface area (Å²) < 4.78 is 7.37. The largest absolute Gasteiger partial charge is 0.492 e. The maximum atomic E-state index is 12.1. The molecule has 0 atom stereocenters. The summed E-state index contributed by atoms with van der Waals surface area (Å²) in [5.74, 6) is 0.532. The van der Waals surface area contributed by atoms with Gasteiger partial charge in [-0.3, -0.25) is 9.48 Å². The first-order valence-corrected chi connectivity index (χ1v) is 9.49. The molecule has 2 aromatic heterocycles. The minimum absolute atomic E-state index is 0.200. The van der Waals surface area contributed by atoms with Gasteiger partial charge in [0.15, 0.2) is 0 Å². The number of nitrogens with one attached hydrogen (secondary N) is 1. The lowest BCUT2D eigenvalue weighted by atomic mass is 9.96. The van der Waals surface area contributed by atoms with Crippen molar-refractivity contribution in [3.8, 4) is 34.2 Å². The smallest absolute Gasteiger partial charge is 0.272 e. The number of rotatable bonds is 5. The second kappa shape index (κ2) is 7.81. The number of H-pyrrole nitrogens is 1. The van der Waals surface area contributed by atoms with Crippen LogP contribution in [0, 0.1) is 11.3 Å². The molecule has 0 aliphatic rings. The fourth-order valence-corrected chi connectivity index (χ4v) is 3.63. The molecular formula is C22H20N6O2. The number of benzene rings is 2. The number of aromatic amines is 1. The number of nitriles is 1. The van der Waals surface area contributed by atoms with Crippen LogP contribution < -0.4 is 16.0 Å². The zero-order valence-electron chi connectivity index (χ0n) is 16.6. The number of nitrogens with zero attached hydrogens (tertiary/aromatic N) is 4. The van der Waals surface area contributed by atoms with Gasteiger partial charge in [-0.05, 0) is 30.7 Å². The third-order valence-corrected chi connectivity index (χ3v) is 5.00. The number of hydrogen-bond donors (Lipinski definition) is 2. The van der Waals surface area contributed by atoms with E-state index in [9.17, 15) is 10.1 Å². The minimum Gasteiger partial charge on any atom is -0.492 e. The normalized spacial score (nSPS) is 10.9. The molecule has 0 unspecified atom stereocenters. The van der Waals surface area contributed by atoms with Gasteiger partial charge in [0.05, 0.1) is 29.6 Å². The highest BCUT2D eigenvalue weighted by Gasteiger charge is 2.19. The van der Waals surface area contributed by atoms with E-state index in [0.717, 1.165) is 22.4 Å². The Morgan fingerprint density at radius 2 is 2.07 bits per heavy atom. The molecule has 4 rings (SSSR count). The van der Waals surface area contributed by atoms with Gasteiger partial charge in [0.1, 0.15) is 17.4 Å². The Morgan fingerprint density at radius 1 is 1.23 bits per heavy atom. The van der Waals surface area contributed by atoms with Crippen LogP contribution in [0.2, 0.25) is 0 Å². The molecule has 0 radical (unpaired) electrons. The van der Waals surface area contributed by atoms with Gasteiger partial charge < -0.3 is 10.5 Å². The summed E-state index contributed by atoms with van der Waals surface area (Å²) >= 11 is 0. The molecule has 4 aromatic rings. The van der Waals surface area contributed by atoms with Crippen LogP contribution >= 0.6 is 0 Å². The lowest BCUT2D eigenvalue weighted by Gasteiger charge is -2.13. The van der Waals surface area contributed by atoms with E-state index in [4.69, 9.17) is 10.5 Å². The lowest BCUT2D eigenvalue weighted by Crippen LogP contribution is -2.13. The van der Waals surface area contributed by atoms with E-state index < -0.39 is 0 Å². The van der Waals surface area contributed by atoms with Crippen molar-refractivity contribution in [1.29, 1.82) is 5.26 Å². The van der Waals surface area contributed by atoms with E-state index in [1.807, 2.05) is 38.2 Å². The maximum absolute atomic E-state index is 12.1. The molecule has 0 aliphatic carbocycles. The van der Waals surface area contributed by atoms with Gasteiger partial charge in [-0.1, -0.05) is 18.2 Å². The topological polar surface area (TPSA) is 123 Å². The van der Waals surface area contributed by atoms with E-state index in [-0.39, 0.29) is 12.1 Å². The Kier molecular flexibility index (Phi) is 5.04. The van der Waals surface area contributed by atoms with E-state index in [2.05, 4.69) is 21.4 Å². The van der Waals surface area contributed by atoms with Gasteiger partial charge in [-0.15, -0.1) is 0 Å². The first kappa shape index (κ1) is 19.4. The standard InChI is InChI=1S/C22H20N6O2/c1-3-30-20-6-4-5-14(17(20)10-23)21-18(12-25-28(21)2)13-7-8-15-16(9-13)19(11-24)26-27-22(15)29/h4-9,12H,3,11,24H2,1-2H3,(H,27,29). The predicted molar refractivity (Wildman–Crippen MR) is 114 cm³/mol. The van der Waals surface area contributed by atoms with E-state index in [1.54, 1.807) is 23.0 Å². The van der Waals surface area contributed by atoms with Crippen molar-refractivity contribution in [2.24, 2.45) is 12.8 Å². The van der Waals surface area contributed by atoms with E-state index in [1.165, 1.54) is 0 Å². The molecule has 30 heavy (non-hydrogen) atoms. The molecular weight excluding hydrogens is 380 g/mol. The van der Waals surface area contributed by atoms with Crippen molar-refractivity contribution in [2.75, 3.05) is 6.61 Å². The highest BCUT2D eigenvalue weighted by Crippen LogP contribution is 2.37. The highest BCUT2D eigenvalue weighted by atomic mass is 16.5. The van der Waals surface area contributed by atoms with Crippen molar-refractivity contribution in [2.45, 2.75) is 13.5 Å². The Bertz CT molecular complexity index is 1350. The number of ether oxygens (including phenoxy) is 1. The van der Waals surface area contributed by atoms with Gasteiger partial charge in [-0.25, -0.2) is 5.10 Å². The number of nitrogens with two attached hydrogens (primary N) is 1. The van der Waals surface area contributed by atoms with Crippen LogP contribution in [0.3, 0.4) is 0 Å². The fourth-order valence-electron chi connectivity index (χ4n) is 3.63. The summed E-state index contributed by atoms with van der Waals surface area (Å²) in [4.78, 5) is 12.1. The van der Waals surface area contributed by atoms with Crippen LogP contribution in [0.5, 0.6) is 5.75 Å². The van der Waals surface area contributed by atoms with Crippen LogP contribution in [0.4, 0.5) is 0 Å². The molecule has 0 spiro atoms. The Morgan fingerprint density at radius 3 is 2.80 bits per heavy atom. The molecule has 2 heterocycles. The molecule has 0 fully saturated rings. The SMILES string of the molecule is CCOc1cccc(-c2c(-c3ccc4c(=O)[nH]nc(CN)c4c3)cnn2C)c1C#N. The third kappa shape index (κ3) is 3.11. The molecule has 8 nitrogen and oxygen atoms in total. The fraction of sp³-hybridized carbons (Fsp3) is 0.182. The Balaban J connectivity index is 1.96. The van der Waals surface area contributed by atoms with Gasteiger partial charge in [0.25, 0.3) is 5.56 Å². The monoisotopic (exact) mass is 400 g/mol. The molecule has 0 saturated heterocycles. The Labute approximate surface area is 172 Å². The molecule has 0 saturated carbocycles. The van der Waals surface area contributed by atoms with Crippen LogP contribution in [-0.4, -0.2) is 26.6 Å². The van der Waals surface area contributed by atoms with Crippen molar-refractivity contribution < 1.29 is 4.74 Å².